The molecule has 0 bridgehead atoms. The highest BCUT2D eigenvalue weighted by atomic mass is 16.3. The lowest BCUT2D eigenvalue weighted by molar-refractivity contribution is -0.695. The van der Waals surface area contributed by atoms with Gasteiger partial charge in [-0.15, -0.1) is 0 Å². The predicted molar refractivity (Wildman–Crippen MR) is 57.2 cm³/mol. The SMILES string of the molecule is C[C@@H]1[NH2+]CCc2cc(CO)c(CO)cc21. The highest BCUT2D eigenvalue weighted by Crippen LogP contribution is 2.23. The van der Waals surface area contributed by atoms with Crippen molar-refractivity contribution in [2.24, 2.45) is 0 Å². The Labute approximate surface area is 89.8 Å². The number of aliphatic hydroxyl groups is 2. The molecule has 0 unspecified atom stereocenters. The van der Waals surface area contributed by atoms with Crippen molar-refractivity contribution >= 4 is 0 Å². The van der Waals surface area contributed by atoms with Gasteiger partial charge in [0.05, 0.1) is 19.8 Å². The van der Waals surface area contributed by atoms with Gasteiger partial charge in [0.15, 0.2) is 0 Å². The zero-order valence-electron chi connectivity index (χ0n) is 9.03. The number of quaternary nitrogens is 1. The van der Waals surface area contributed by atoms with Gasteiger partial charge in [0.25, 0.3) is 0 Å². The topological polar surface area (TPSA) is 57.1 Å². The minimum Gasteiger partial charge on any atom is -0.392 e. The van der Waals surface area contributed by atoms with Crippen LogP contribution in [-0.2, 0) is 19.6 Å². The van der Waals surface area contributed by atoms with E-state index >= 15 is 0 Å². The molecular weight excluding hydrogens is 190 g/mol. The van der Waals surface area contributed by atoms with Crippen LogP contribution in [0.25, 0.3) is 0 Å². The Bertz CT molecular complexity index is 363. The molecule has 1 heterocycles. The molecule has 1 aliphatic heterocycles. The molecule has 3 nitrogen and oxygen atoms in total. The van der Waals surface area contributed by atoms with Gasteiger partial charge in [0, 0.05) is 12.0 Å². The fraction of sp³-hybridized carbons (Fsp3) is 0.500. The summed E-state index contributed by atoms with van der Waals surface area (Å²) in [6.45, 7) is 3.31. The second kappa shape index (κ2) is 4.31. The van der Waals surface area contributed by atoms with E-state index in [9.17, 15) is 10.2 Å². The molecule has 3 heteroatoms. The van der Waals surface area contributed by atoms with E-state index in [2.05, 4.69) is 12.2 Å². The molecule has 1 atom stereocenters. The van der Waals surface area contributed by atoms with Gasteiger partial charge in [-0.05, 0) is 29.7 Å². The maximum Gasteiger partial charge on any atom is 0.109 e. The van der Waals surface area contributed by atoms with E-state index < -0.39 is 0 Å². The highest BCUT2D eigenvalue weighted by molar-refractivity contribution is 5.39. The first-order valence-corrected chi connectivity index (χ1v) is 5.46. The molecule has 0 aliphatic carbocycles. The molecule has 4 N–H and O–H groups in total. The third-order valence-corrected chi connectivity index (χ3v) is 3.23. The quantitative estimate of drug-likeness (QED) is 0.633. The number of hydrogen-bond acceptors (Lipinski definition) is 2. The Morgan fingerprint density at radius 2 is 1.93 bits per heavy atom. The number of aliphatic hydroxyl groups excluding tert-OH is 2. The maximum absolute atomic E-state index is 9.22. The van der Waals surface area contributed by atoms with Crippen LogP contribution < -0.4 is 5.32 Å². The van der Waals surface area contributed by atoms with Crippen LogP contribution in [0.2, 0.25) is 0 Å². The Kier molecular flexibility index (Phi) is 3.05. The molecule has 0 radical (unpaired) electrons. The molecule has 0 saturated carbocycles. The number of hydrogen-bond donors (Lipinski definition) is 3. The van der Waals surface area contributed by atoms with Crippen LogP contribution in [0.5, 0.6) is 0 Å². The minimum absolute atomic E-state index is 0.00981. The van der Waals surface area contributed by atoms with Crippen molar-refractivity contribution in [3.8, 4) is 0 Å². The summed E-state index contributed by atoms with van der Waals surface area (Å²) in [6.07, 6.45) is 1.05. The zero-order valence-corrected chi connectivity index (χ0v) is 9.03. The summed E-state index contributed by atoms with van der Waals surface area (Å²) in [7, 11) is 0. The second-order valence-corrected chi connectivity index (χ2v) is 4.20. The summed E-state index contributed by atoms with van der Waals surface area (Å²) in [5.41, 5.74) is 4.36. The summed E-state index contributed by atoms with van der Waals surface area (Å²) >= 11 is 0. The number of fused-ring (bicyclic) bond motifs is 1. The molecule has 1 aliphatic rings. The Morgan fingerprint density at radius 1 is 1.27 bits per heavy atom. The zero-order chi connectivity index (χ0) is 10.8. The Balaban J connectivity index is 2.48. The van der Waals surface area contributed by atoms with Crippen molar-refractivity contribution in [3.05, 3.63) is 34.4 Å². The van der Waals surface area contributed by atoms with Crippen LogP contribution >= 0.6 is 0 Å². The van der Waals surface area contributed by atoms with Crippen LogP contribution in [0.15, 0.2) is 12.1 Å². The molecule has 1 aromatic rings. The molecule has 0 aromatic heterocycles. The van der Waals surface area contributed by atoms with E-state index in [1.807, 2.05) is 12.1 Å². The average molecular weight is 208 g/mol. The van der Waals surface area contributed by atoms with E-state index in [0.717, 1.165) is 24.1 Å². The van der Waals surface area contributed by atoms with Gasteiger partial charge in [-0.2, -0.15) is 0 Å². The van der Waals surface area contributed by atoms with Gasteiger partial charge in [-0.3, -0.25) is 0 Å². The van der Waals surface area contributed by atoms with Gasteiger partial charge in [0.2, 0.25) is 0 Å². The third-order valence-electron chi connectivity index (χ3n) is 3.23. The fourth-order valence-electron chi connectivity index (χ4n) is 2.31. The number of rotatable bonds is 2. The lowest BCUT2D eigenvalue weighted by Crippen LogP contribution is -2.86. The third kappa shape index (κ3) is 1.91. The van der Waals surface area contributed by atoms with Gasteiger partial charge >= 0.3 is 0 Å². The molecule has 2 rings (SSSR count). The molecule has 0 spiro atoms. The molecule has 0 amide bonds. The van der Waals surface area contributed by atoms with Crippen molar-refractivity contribution in [1.82, 2.24) is 0 Å². The van der Waals surface area contributed by atoms with Crippen molar-refractivity contribution < 1.29 is 15.5 Å². The molecule has 0 fully saturated rings. The summed E-state index contributed by atoms with van der Waals surface area (Å²) < 4.78 is 0. The Morgan fingerprint density at radius 3 is 2.60 bits per heavy atom. The van der Waals surface area contributed by atoms with Crippen LogP contribution in [0.1, 0.15) is 35.2 Å². The lowest BCUT2D eigenvalue weighted by Gasteiger charge is -2.22. The van der Waals surface area contributed by atoms with Crippen molar-refractivity contribution in [1.29, 1.82) is 0 Å². The van der Waals surface area contributed by atoms with E-state index in [1.165, 1.54) is 11.1 Å². The largest absolute Gasteiger partial charge is 0.392 e. The number of nitrogens with two attached hydrogens (primary N) is 1. The van der Waals surface area contributed by atoms with Gasteiger partial charge in [0.1, 0.15) is 6.04 Å². The van der Waals surface area contributed by atoms with Gasteiger partial charge in [-0.25, -0.2) is 0 Å². The highest BCUT2D eigenvalue weighted by Gasteiger charge is 2.20. The minimum atomic E-state index is 0.00981. The molecular formula is C12H18NO2+. The fourth-order valence-corrected chi connectivity index (χ4v) is 2.31. The standard InChI is InChI=1S/C12H17NO2/c1-8-12-5-11(7-15)10(6-14)4-9(12)2-3-13-8/h4-5,8,13-15H,2-3,6-7H2,1H3/p+1/t8-/m0/s1. The first-order valence-electron chi connectivity index (χ1n) is 5.46. The summed E-state index contributed by atoms with van der Waals surface area (Å²) in [5.74, 6) is 0. The monoisotopic (exact) mass is 208 g/mol. The van der Waals surface area contributed by atoms with Crippen LogP contribution in [-0.4, -0.2) is 16.8 Å². The normalized spacial score (nSPS) is 20.1. The summed E-state index contributed by atoms with van der Waals surface area (Å²) in [4.78, 5) is 0. The first-order chi connectivity index (χ1) is 7.26. The van der Waals surface area contributed by atoms with Crippen LogP contribution in [0, 0.1) is 0 Å². The van der Waals surface area contributed by atoms with Crippen molar-refractivity contribution in [3.63, 3.8) is 0 Å². The molecule has 82 valence electrons. The van der Waals surface area contributed by atoms with Crippen LogP contribution in [0.4, 0.5) is 0 Å². The van der Waals surface area contributed by atoms with E-state index in [-0.39, 0.29) is 13.2 Å². The molecule has 0 saturated heterocycles. The first kappa shape index (κ1) is 10.6. The maximum atomic E-state index is 9.22. The van der Waals surface area contributed by atoms with Crippen LogP contribution in [0.3, 0.4) is 0 Å². The summed E-state index contributed by atoms with van der Waals surface area (Å²) in [6, 6.07) is 4.55. The smallest absolute Gasteiger partial charge is 0.109 e. The van der Waals surface area contributed by atoms with E-state index in [1.54, 1.807) is 0 Å². The summed E-state index contributed by atoms with van der Waals surface area (Å²) in [5, 5.41) is 20.7. The van der Waals surface area contributed by atoms with Crippen molar-refractivity contribution in [2.75, 3.05) is 6.54 Å². The van der Waals surface area contributed by atoms with Gasteiger partial charge in [-0.1, -0.05) is 6.07 Å². The lowest BCUT2D eigenvalue weighted by atomic mass is 9.91. The Hall–Kier alpha value is -0.900. The average Bonchev–Trinajstić information content (AvgIpc) is 2.28. The van der Waals surface area contributed by atoms with E-state index in [0.29, 0.717) is 6.04 Å². The van der Waals surface area contributed by atoms with Gasteiger partial charge < -0.3 is 15.5 Å². The van der Waals surface area contributed by atoms with E-state index in [4.69, 9.17) is 0 Å². The predicted octanol–water partition coefficient (Wildman–Crippen LogP) is -0.148. The number of benzene rings is 1. The second-order valence-electron chi connectivity index (χ2n) is 4.20. The van der Waals surface area contributed by atoms with Crippen molar-refractivity contribution in [2.45, 2.75) is 32.6 Å². The molecule has 1 aromatic carbocycles. The molecule has 15 heavy (non-hydrogen) atoms.